The van der Waals surface area contributed by atoms with E-state index in [1.54, 1.807) is 12.3 Å². The van der Waals surface area contributed by atoms with Crippen LogP contribution in [-0.2, 0) is 4.79 Å². The van der Waals surface area contributed by atoms with Crippen molar-refractivity contribution in [1.82, 2.24) is 4.98 Å². The van der Waals surface area contributed by atoms with E-state index < -0.39 is 12.0 Å². The molecular weight excluding hydrogens is 240 g/mol. The molecule has 2 N–H and O–H groups in total. The Kier molecular flexibility index (Phi) is 4.12. The van der Waals surface area contributed by atoms with Gasteiger partial charge in [-0.05, 0) is 24.5 Å². The van der Waals surface area contributed by atoms with Crippen molar-refractivity contribution in [3.8, 4) is 5.75 Å². The van der Waals surface area contributed by atoms with Crippen molar-refractivity contribution >= 4 is 16.9 Å². The van der Waals surface area contributed by atoms with Gasteiger partial charge in [0.05, 0.1) is 11.7 Å². The average Bonchev–Trinajstić information content (AvgIpc) is 2.37. The Labute approximate surface area is 112 Å². The molecule has 4 heteroatoms. The molecule has 0 fully saturated rings. The number of carbonyl (C=O) groups excluding carboxylic acids is 1. The molecule has 0 saturated carbocycles. The van der Waals surface area contributed by atoms with Crippen molar-refractivity contribution in [1.29, 1.82) is 0 Å². The van der Waals surface area contributed by atoms with Crippen molar-refractivity contribution in [2.45, 2.75) is 26.3 Å². The highest BCUT2D eigenvalue weighted by Gasteiger charge is 2.17. The minimum absolute atomic E-state index is 0.359. The molecule has 1 aromatic carbocycles. The van der Waals surface area contributed by atoms with Gasteiger partial charge in [0.25, 0.3) is 0 Å². The van der Waals surface area contributed by atoms with Gasteiger partial charge < -0.3 is 10.5 Å². The van der Waals surface area contributed by atoms with Crippen LogP contribution in [0, 0.1) is 5.92 Å². The van der Waals surface area contributed by atoms with Crippen LogP contribution in [0.5, 0.6) is 5.75 Å². The maximum Gasteiger partial charge on any atom is 0.328 e. The zero-order valence-corrected chi connectivity index (χ0v) is 11.2. The van der Waals surface area contributed by atoms with E-state index in [1.807, 2.05) is 38.1 Å². The van der Waals surface area contributed by atoms with Gasteiger partial charge in [-0.25, -0.2) is 4.79 Å². The molecule has 0 unspecified atom stereocenters. The molecule has 0 amide bonds. The molecule has 0 radical (unpaired) electrons. The van der Waals surface area contributed by atoms with Crippen molar-refractivity contribution in [2.75, 3.05) is 0 Å². The summed E-state index contributed by atoms with van der Waals surface area (Å²) in [5.41, 5.74) is 6.65. The predicted molar refractivity (Wildman–Crippen MR) is 74.8 cm³/mol. The summed E-state index contributed by atoms with van der Waals surface area (Å²) in [6.07, 6.45) is 2.15. The number of aromatic nitrogens is 1. The Balaban J connectivity index is 2.10. The van der Waals surface area contributed by atoms with Crippen LogP contribution in [-0.4, -0.2) is 17.0 Å². The van der Waals surface area contributed by atoms with Crippen LogP contribution in [0.25, 0.3) is 10.9 Å². The van der Waals surface area contributed by atoms with Gasteiger partial charge >= 0.3 is 5.97 Å². The average molecular weight is 258 g/mol. The van der Waals surface area contributed by atoms with Crippen LogP contribution in [0.2, 0.25) is 0 Å². The van der Waals surface area contributed by atoms with Gasteiger partial charge in [-0.2, -0.15) is 0 Å². The van der Waals surface area contributed by atoms with Crippen molar-refractivity contribution in [2.24, 2.45) is 11.7 Å². The van der Waals surface area contributed by atoms with E-state index in [2.05, 4.69) is 4.98 Å². The summed E-state index contributed by atoms with van der Waals surface area (Å²) in [5.74, 6) is 0.381. The summed E-state index contributed by atoms with van der Waals surface area (Å²) in [6, 6.07) is 8.87. The minimum Gasteiger partial charge on any atom is -0.424 e. The standard InChI is InChI=1S/C15H18N2O2/c1-10(2)7-13(16)15(18)19-12-8-11-5-3-4-6-14(11)17-9-12/h3-6,8-10,13H,7,16H2,1-2H3/t13-/m1/s1. The highest BCUT2D eigenvalue weighted by atomic mass is 16.5. The van der Waals surface area contributed by atoms with Gasteiger partial charge in [0, 0.05) is 5.39 Å². The lowest BCUT2D eigenvalue weighted by atomic mass is 10.1. The van der Waals surface area contributed by atoms with E-state index in [9.17, 15) is 4.79 Å². The molecule has 0 bridgehead atoms. The molecule has 0 saturated heterocycles. The number of pyridine rings is 1. The number of benzene rings is 1. The fraction of sp³-hybridized carbons (Fsp3) is 0.333. The van der Waals surface area contributed by atoms with Gasteiger partial charge in [-0.1, -0.05) is 32.0 Å². The molecule has 1 aromatic heterocycles. The summed E-state index contributed by atoms with van der Waals surface area (Å²) >= 11 is 0. The summed E-state index contributed by atoms with van der Waals surface area (Å²) < 4.78 is 5.26. The van der Waals surface area contributed by atoms with Crippen LogP contribution >= 0.6 is 0 Å². The molecule has 2 aromatic rings. The van der Waals surface area contributed by atoms with Crippen molar-refractivity contribution in [3.05, 3.63) is 36.5 Å². The summed E-state index contributed by atoms with van der Waals surface area (Å²) in [4.78, 5) is 16.0. The van der Waals surface area contributed by atoms with Crippen LogP contribution in [0.15, 0.2) is 36.5 Å². The number of carbonyl (C=O) groups is 1. The fourth-order valence-electron chi connectivity index (χ4n) is 1.90. The Bertz CT molecular complexity index is 581. The largest absolute Gasteiger partial charge is 0.424 e. The maximum atomic E-state index is 11.8. The quantitative estimate of drug-likeness (QED) is 0.856. The van der Waals surface area contributed by atoms with E-state index in [0.29, 0.717) is 18.1 Å². The molecule has 0 spiro atoms. The second kappa shape index (κ2) is 5.80. The van der Waals surface area contributed by atoms with Gasteiger partial charge in [0.2, 0.25) is 0 Å². The third kappa shape index (κ3) is 3.51. The topological polar surface area (TPSA) is 65.2 Å². The predicted octanol–water partition coefficient (Wildman–Crippen LogP) is 2.51. The minimum atomic E-state index is -0.591. The van der Waals surface area contributed by atoms with Gasteiger partial charge in [-0.15, -0.1) is 0 Å². The third-order valence-electron chi connectivity index (χ3n) is 2.81. The summed E-state index contributed by atoms with van der Waals surface area (Å²) in [5, 5.41) is 0.935. The SMILES string of the molecule is CC(C)C[C@@H](N)C(=O)Oc1cnc2ccccc2c1. The molecule has 19 heavy (non-hydrogen) atoms. The van der Waals surface area contributed by atoms with E-state index in [1.165, 1.54) is 0 Å². The summed E-state index contributed by atoms with van der Waals surface area (Å²) in [6.45, 7) is 4.04. The van der Waals surface area contributed by atoms with E-state index in [0.717, 1.165) is 10.9 Å². The summed E-state index contributed by atoms with van der Waals surface area (Å²) in [7, 11) is 0. The van der Waals surface area contributed by atoms with Gasteiger partial charge in [0.1, 0.15) is 11.8 Å². The Morgan fingerprint density at radius 1 is 1.37 bits per heavy atom. The molecule has 1 heterocycles. The lowest BCUT2D eigenvalue weighted by Crippen LogP contribution is -2.35. The van der Waals surface area contributed by atoms with Crippen LogP contribution in [0.4, 0.5) is 0 Å². The molecule has 4 nitrogen and oxygen atoms in total. The molecule has 100 valence electrons. The van der Waals surface area contributed by atoms with Gasteiger partial charge in [0.15, 0.2) is 0 Å². The Hall–Kier alpha value is -1.94. The monoisotopic (exact) mass is 258 g/mol. The highest BCUT2D eigenvalue weighted by Crippen LogP contribution is 2.18. The molecule has 0 aliphatic rings. The second-order valence-corrected chi connectivity index (χ2v) is 5.02. The number of nitrogens with zero attached hydrogens (tertiary/aromatic N) is 1. The van der Waals surface area contributed by atoms with E-state index >= 15 is 0 Å². The zero-order valence-electron chi connectivity index (χ0n) is 11.2. The van der Waals surface area contributed by atoms with Crippen molar-refractivity contribution < 1.29 is 9.53 Å². The number of para-hydroxylation sites is 1. The van der Waals surface area contributed by atoms with E-state index in [4.69, 9.17) is 10.5 Å². The number of esters is 1. The number of hydrogen-bond acceptors (Lipinski definition) is 4. The van der Waals surface area contributed by atoms with Crippen LogP contribution < -0.4 is 10.5 Å². The molecule has 2 rings (SSSR count). The van der Waals surface area contributed by atoms with Gasteiger partial charge in [-0.3, -0.25) is 4.98 Å². The smallest absolute Gasteiger partial charge is 0.328 e. The highest BCUT2D eigenvalue weighted by molar-refractivity contribution is 5.82. The van der Waals surface area contributed by atoms with E-state index in [-0.39, 0.29) is 0 Å². The van der Waals surface area contributed by atoms with Crippen LogP contribution in [0.3, 0.4) is 0 Å². The maximum absolute atomic E-state index is 11.8. The fourth-order valence-corrected chi connectivity index (χ4v) is 1.90. The molecule has 1 atom stereocenters. The number of nitrogens with two attached hydrogens (primary N) is 1. The normalized spacial score (nSPS) is 12.6. The first-order valence-electron chi connectivity index (χ1n) is 6.38. The lowest BCUT2D eigenvalue weighted by molar-refractivity contribution is -0.136. The number of ether oxygens (including phenoxy) is 1. The lowest BCUT2D eigenvalue weighted by Gasteiger charge is -2.13. The van der Waals surface area contributed by atoms with Crippen LogP contribution in [0.1, 0.15) is 20.3 Å². The molecular formula is C15H18N2O2. The van der Waals surface area contributed by atoms with Crippen molar-refractivity contribution in [3.63, 3.8) is 0 Å². The second-order valence-electron chi connectivity index (χ2n) is 5.02. The number of fused-ring (bicyclic) bond motifs is 1. The number of hydrogen-bond donors (Lipinski definition) is 1. The zero-order chi connectivity index (χ0) is 13.8. The first-order valence-corrected chi connectivity index (χ1v) is 6.38. The third-order valence-corrected chi connectivity index (χ3v) is 2.81. The Morgan fingerprint density at radius 3 is 2.84 bits per heavy atom. The first-order chi connectivity index (χ1) is 9.06. The Morgan fingerprint density at radius 2 is 2.11 bits per heavy atom. The number of rotatable bonds is 4. The molecule has 0 aliphatic heterocycles. The first kappa shape index (κ1) is 13.5. The molecule has 0 aliphatic carbocycles.